The molecule has 234 valence electrons. The number of carbonyl (C=O) groups is 1. The van der Waals surface area contributed by atoms with Crippen LogP contribution in [-0.4, -0.2) is 55.2 Å². The molecule has 0 bridgehead atoms. The zero-order chi connectivity index (χ0) is 32.7. The van der Waals surface area contributed by atoms with Crippen LogP contribution in [0.2, 0.25) is 23.2 Å². The number of methoxy groups -OCH3 is 1. The van der Waals surface area contributed by atoms with Crippen LogP contribution >= 0.6 is 11.6 Å². The van der Waals surface area contributed by atoms with E-state index in [0.717, 1.165) is 5.56 Å². The largest absolute Gasteiger partial charge is 0.480 e. The number of amides is 1. The predicted molar refractivity (Wildman–Crippen MR) is 175 cm³/mol. The Morgan fingerprint density at radius 3 is 2.50 bits per heavy atom. The Labute approximate surface area is 265 Å². The molecule has 0 saturated carbocycles. The standard InChI is InChI=1S/C32H41ClN6O4Si/c1-30(2,3)43-29(40)39-18-32(7,19-42-44(9,10)31(4,5)6)23-14-20(13-21(16-34)26(23)39)24-11-12-35-28(37-24)38-25-15-22(33)17-36-27(25)41-8/h11-15,17H,18-19H2,1-10H3,(H,35,37,38)/t32-/m1/s1. The quantitative estimate of drug-likeness (QED) is 0.258. The molecule has 0 fully saturated rings. The molecule has 1 aromatic carbocycles. The smallest absolute Gasteiger partial charge is 0.414 e. The van der Waals surface area contributed by atoms with Gasteiger partial charge in [-0.05, 0) is 68.7 Å². The minimum atomic E-state index is -2.14. The second kappa shape index (κ2) is 12.0. The van der Waals surface area contributed by atoms with Crippen LogP contribution in [0.3, 0.4) is 0 Å². The van der Waals surface area contributed by atoms with Gasteiger partial charge in [0.1, 0.15) is 17.4 Å². The molecule has 3 aromatic rings. The van der Waals surface area contributed by atoms with Gasteiger partial charge in [-0.15, -0.1) is 0 Å². The molecule has 2 aromatic heterocycles. The summed E-state index contributed by atoms with van der Waals surface area (Å²) in [6.45, 7) is 19.2. The number of rotatable bonds is 7. The van der Waals surface area contributed by atoms with Gasteiger partial charge in [-0.2, -0.15) is 5.26 Å². The second-order valence-electron chi connectivity index (χ2n) is 13.8. The van der Waals surface area contributed by atoms with Crippen LogP contribution in [0.4, 0.5) is 22.1 Å². The van der Waals surface area contributed by atoms with Gasteiger partial charge in [0.2, 0.25) is 11.8 Å². The number of nitrogens with one attached hydrogen (secondary N) is 1. The lowest BCUT2D eigenvalue weighted by atomic mass is 9.83. The monoisotopic (exact) mass is 636 g/mol. The first-order valence-corrected chi connectivity index (χ1v) is 17.7. The van der Waals surface area contributed by atoms with Gasteiger partial charge >= 0.3 is 6.09 Å². The van der Waals surface area contributed by atoms with Gasteiger partial charge in [0, 0.05) is 36.5 Å². The summed E-state index contributed by atoms with van der Waals surface area (Å²) in [6, 6.07) is 9.49. The van der Waals surface area contributed by atoms with E-state index in [1.54, 1.807) is 29.3 Å². The lowest BCUT2D eigenvalue weighted by Gasteiger charge is -2.39. The van der Waals surface area contributed by atoms with E-state index >= 15 is 0 Å². The van der Waals surface area contributed by atoms with Crippen molar-refractivity contribution in [2.45, 2.75) is 77.6 Å². The van der Waals surface area contributed by atoms with E-state index in [1.807, 2.05) is 26.8 Å². The number of aromatic nitrogens is 3. The normalized spacial score (nSPS) is 16.7. The van der Waals surface area contributed by atoms with Gasteiger partial charge < -0.3 is 19.2 Å². The van der Waals surface area contributed by atoms with Crippen molar-refractivity contribution in [1.82, 2.24) is 15.0 Å². The fourth-order valence-corrected chi connectivity index (χ4v) is 5.93. The van der Waals surface area contributed by atoms with Crippen molar-refractivity contribution < 1.29 is 18.7 Å². The number of halogens is 1. The molecule has 10 nitrogen and oxygen atoms in total. The van der Waals surface area contributed by atoms with Crippen molar-refractivity contribution >= 4 is 43.3 Å². The molecule has 0 radical (unpaired) electrons. The number of benzene rings is 1. The van der Waals surface area contributed by atoms with Crippen molar-refractivity contribution in [2.24, 2.45) is 0 Å². The number of fused-ring (bicyclic) bond motifs is 1. The average molecular weight is 637 g/mol. The van der Waals surface area contributed by atoms with Crippen molar-refractivity contribution in [2.75, 3.05) is 30.5 Å². The van der Waals surface area contributed by atoms with E-state index in [-0.39, 0.29) is 5.04 Å². The van der Waals surface area contributed by atoms with E-state index < -0.39 is 25.4 Å². The summed E-state index contributed by atoms with van der Waals surface area (Å²) in [6.07, 6.45) is 2.61. The Bertz CT molecular complexity index is 1610. The fourth-order valence-electron chi connectivity index (χ4n) is 4.66. The topological polar surface area (TPSA) is 122 Å². The first-order chi connectivity index (χ1) is 20.4. The zero-order valence-electron chi connectivity index (χ0n) is 27.1. The molecule has 0 spiro atoms. The van der Waals surface area contributed by atoms with Gasteiger partial charge in [-0.25, -0.2) is 19.7 Å². The van der Waals surface area contributed by atoms with Crippen LogP contribution < -0.4 is 15.0 Å². The number of ether oxygens (including phenoxy) is 2. The van der Waals surface area contributed by atoms with E-state index in [1.165, 1.54) is 13.3 Å². The maximum atomic E-state index is 13.5. The lowest BCUT2D eigenvalue weighted by molar-refractivity contribution is 0.0575. The molecule has 0 aliphatic carbocycles. The number of nitrogens with zero attached hydrogens (tertiary/aromatic N) is 5. The van der Waals surface area contributed by atoms with E-state index in [9.17, 15) is 10.1 Å². The highest BCUT2D eigenvalue weighted by Gasteiger charge is 2.47. The van der Waals surface area contributed by atoms with Crippen LogP contribution in [0.15, 0.2) is 36.7 Å². The molecule has 1 aliphatic rings. The number of nitriles is 1. The molecule has 12 heteroatoms. The predicted octanol–water partition coefficient (Wildman–Crippen LogP) is 7.85. The summed E-state index contributed by atoms with van der Waals surface area (Å²) in [5, 5.41) is 13.9. The minimum Gasteiger partial charge on any atom is -0.480 e. The molecular weight excluding hydrogens is 596 g/mol. The summed E-state index contributed by atoms with van der Waals surface area (Å²) in [5.74, 6) is 0.635. The summed E-state index contributed by atoms with van der Waals surface area (Å²) in [7, 11) is -0.625. The Morgan fingerprint density at radius 2 is 1.89 bits per heavy atom. The van der Waals surface area contributed by atoms with Crippen molar-refractivity contribution in [3.8, 4) is 23.2 Å². The fraction of sp³-hybridized carbons (Fsp3) is 0.469. The van der Waals surface area contributed by atoms with Crippen LogP contribution in [0.25, 0.3) is 11.3 Å². The lowest BCUT2D eigenvalue weighted by Crippen LogP contribution is -2.46. The van der Waals surface area contributed by atoms with Gasteiger partial charge in [0.15, 0.2) is 8.32 Å². The highest BCUT2D eigenvalue weighted by atomic mass is 35.5. The Hall–Kier alpha value is -3.72. The molecular formula is C32H41ClN6O4Si. The summed E-state index contributed by atoms with van der Waals surface area (Å²) < 4.78 is 17.8. The average Bonchev–Trinajstić information content (AvgIpc) is 3.23. The molecule has 1 aliphatic heterocycles. The Morgan fingerprint density at radius 1 is 1.18 bits per heavy atom. The Kier molecular flexibility index (Phi) is 9.04. The molecule has 1 amide bonds. The third kappa shape index (κ3) is 6.98. The minimum absolute atomic E-state index is 0.000844. The zero-order valence-corrected chi connectivity index (χ0v) is 28.9. The SMILES string of the molecule is COc1ncc(Cl)cc1Nc1nccc(-c2cc(C#N)c3c(c2)[C@@](C)(CO[Si](C)(C)C(C)(C)C)CN3C(=O)OC(C)(C)C)n1. The van der Waals surface area contributed by atoms with E-state index in [0.29, 0.717) is 58.2 Å². The van der Waals surface area contributed by atoms with Gasteiger partial charge in [0.05, 0.1) is 29.1 Å². The summed E-state index contributed by atoms with van der Waals surface area (Å²) in [4.78, 5) is 28.3. The Balaban J connectivity index is 1.80. The molecule has 0 unspecified atom stereocenters. The first kappa shape index (κ1) is 33.2. The number of hydrogen-bond acceptors (Lipinski definition) is 9. The van der Waals surface area contributed by atoms with Crippen molar-refractivity contribution in [3.63, 3.8) is 0 Å². The van der Waals surface area contributed by atoms with E-state index in [4.69, 9.17) is 30.5 Å². The van der Waals surface area contributed by atoms with Crippen molar-refractivity contribution in [3.05, 3.63) is 52.8 Å². The number of pyridine rings is 1. The van der Waals surface area contributed by atoms with E-state index in [2.05, 4.69) is 62.1 Å². The van der Waals surface area contributed by atoms with Crippen LogP contribution in [0, 0.1) is 11.3 Å². The molecule has 44 heavy (non-hydrogen) atoms. The molecule has 1 atom stereocenters. The number of carbonyl (C=O) groups excluding carboxylic acids is 1. The third-order valence-corrected chi connectivity index (χ3v) is 12.7. The van der Waals surface area contributed by atoms with Gasteiger partial charge in [-0.3, -0.25) is 4.90 Å². The number of hydrogen-bond donors (Lipinski definition) is 1. The van der Waals surface area contributed by atoms with Gasteiger partial charge in [0.25, 0.3) is 0 Å². The van der Waals surface area contributed by atoms with Crippen molar-refractivity contribution in [1.29, 1.82) is 5.26 Å². The molecule has 0 saturated heterocycles. The number of anilines is 3. The maximum Gasteiger partial charge on any atom is 0.414 e. The van der Waals surface area contributed by atoms with Crippen LogP contribution in [0.1, 0.15) is 59.6 Å². The third-order valence-electron chi connectivity index (χ3n) is 8.04. The molecule has 4 rings (SSSR count). The highest BCUT2D eigenvalue weighted by Crippen LogP contribution is 2.47. The molecule has 1 N–H and O–H groups in total. The second-order valence-corrected chi connectivity index (χ2v) is 19.1. The van der Waals surface area contributed by atoms with Gasteiger partial charge in [-0.1, -0.05) is 39.3 Å². The van der Waals surface area contributed by atoms with Crippen LogP contribution in [-0.2, 0) is 14.6 Å². The highest BCUT2D eigenvalue weighted by molar-refractivity contribution is 6.74. The molecule has 3 heterocycles. The first-order valence-electron chi connectivity index (χ1n) is 14.4. The van der Waals surface area contributed by atoms with Crippen LogP contribution in [0.5, 0.6) is 5.88 Å². The maximum absolute atomic E-state index is 13.5. The summed E-state index contributed by atoms with van der Waals surface area (Å²) >= 11 is 6.16. The summed E-state index contributed by atoms with van der Waals surface area (Å²) in [5.41, 5.74) is 2.17.